The van der Waals surface area contributed by atoms with Gasteiger partial charge in [0.05, 0.1) is 0 Å². The maximum atomic E-state index is 12.4. The predicted molar refractivity (Wildman–Crippen MR) is 104 cm³/mol. The summed E-state index contributed by atoms with van der Waals surface area (Å²) in [5, 5.41) is 3.02. The molecule has 0 spiro atoms. The molecule has 0 aromatic heterocycles. The lowest BCUT2D eigenvalue weighted by molar-refractivity contribution is 0.101. The van der Waals surface area contributed by atoms with Crippen LogP contribution in [-0.4, -0.2) is 48.6 Å². The Kier molecular flexibility index (Phi) is 6.00. The van der Waals surface area contributed by atoms with E-state index in [9.17, 15) is 4.79 Å². The molecule has 2 aliphatic rings. The Hall–Kier alpha value is -1.55. The number of hydrogen-bond acceptors (Lipinski definition) is 2. The van der Waals surface area contributed by atoms with Crippen molar-refractivity contribution in [2.24, 2.45) is 17.8 Å². The van der Waals surface area contributed by atoms with Crippen molar-refractivity contribution in [1.29, 1.82) is 0 Å². The number of piperidine rings is 2. The fraction of sp³-hybridized carbons (Fsp3) is 0.667. The second-order valence-corrected chi connectivity index (χ2v) is 8.39. The van der Waals surface area contributed by atoms with Gasteiger partial charge in [-0.25, -0.2) is 4.79 Å². The van der Waals surface area contributed by atoms with Gasteiger partial charge in [0.2, 0.25) is 0 Å². The number of nitrogens with zero attached hydrogens (tertiary/aromatic N) is 2. The molecule has 0 saturated carbocycles. The molecule has 4 nitrogen and oxygen atoms in total. The molecule has 1 aromatic carbocycles. The van der Waals surface area contributed by atoms with Crippen LogP contribution in [0.2, 0.25) is 0 Å². The van der Waals surface area contributed by atoms with Crippen LogP contribution in [0.15, 0.2) is 24.3 Å². The third-order valence-electron chi connectivity index (χ3n) is 5.67. The van der Waals surface area contributed by atoms with Crippen LogP contribution in [0.5, 0.6) is 0 Å². The SMILES string of the molecule is Cc1ccc(NC(=O)N2CCC(CN3C[C@H](C)C[C@@H](C)C3)CC2)cc1. The average Bonchev–Trinajstić information content (AvgIpc) is 2.56. The molecule has 2 fully saturated rings. The lowest BCUT2D eigenvalue weighted by Crippen LogP contribution is -2.46. The Morgan fingerprint density at radius 3 is 2.28 bits per heavy atom. The van der Waals surface area contributed by atoms with Gasteiger partial charge in [0.1, 0.15) is 0 Å². The first-order chi connectivity index (χ1) is 12.0. The summed E-state index contributed by atoms with van der Waals surface area (Å²) in [5.41, 5.74) is 2.09. The highest BCUT2D eigenvalue weighted by Gasteiger charge is 2.27. The molecule has 4 heteroatoms. The molecule has 1 N–H and O–H groups in total. The molecular formula is C21H33N3O. The number of hydrogen-bond donors (Lipinski definition) is 1. The van der Waals surface area contributed by atoms with Crippen LogP contribution in [0.4, 0.5) is 10.5 Å². The maximum Gasteiger partial charge on any atom is 0.321 e. The van der Waals surface area contributed by atoms with Crippen molar-refractivity contribution >= 4 is 11.7 Å². The highest BCUT2D eigenvalue weighted by atomic mass is 16.2. The summed E-state index contributed by atoms with van der Waals surface area (Å²) in [6.45, 7) is 12.3. The van der Waals surface area contributed by atoms with E-state index < -0.39 is 0 Å². The van der Waals surface area contributed by atoms with Crippen LogP contribution in [-0.2, 0) is 0 Å². The number of carbonyl (C=O) groups excluding carboxylic acids is 1. The van der Waals surface area contributed by atoms with Gasteiger partial charge in [-0.3, -0.25) is 0 Å². The minimum atomic E-state index is 0.0440. The first-order valence-electron chi connectivity index (χ1n) is 9.84. The molecule has 2 amide bonds. The number of aryl methyl sites for hydroxylation is 1. The third-order valence-corrected chi connectivity index (χ3v) is 5.67. The van der Waals surface area contributed by atoms with E-state index in [0.717, 1.165) is 49.4 Å². The number of likely N-dealkylation sites (tertiary alicyclic amines) is 2. The largest absolute Gasteiger partial charge is 0.325 e. The molecule has 2 aliphatic heterocycles. The zero-order chi connectivity index (χ0) is 17.8. The smallest absolute Gasteiger partial charge is 0.321 e. The van der Waals surface area contributed by atoms with E-state index in [1.807, 2.05) is 29.2 Å². The van der Waals surface area contributed by atoms with Crippen LogP contribution < -0.4 is 5.32 Å². The summed E-state index contributed by atoms with van der Waals surface area (Å²) < 4.78 is 0. The second kappa shape index (κ2) is 8.22. The molecule has 1 aromatic rings. The van der Waals surface area contributed by atoms with Gasteiger partial charge in [0.25, 0.3) is 0 Å². The zero-order valence-corrected chi connectivity index (χ0v) is 16.0. The first kappa shape index (κ1) is 18.2. The fourth-order valence-corrected chi connectivity index (χ4v) is 4.46. The Morgan fingerprint density at radius 1 is 1.08 bits per heavy atom. The zero-order valence-electron chi connectivity index (χ0n) is 16.0. The van der Waals surface area contributed by atoms with E-state index in [2.05, 4.69) is 31.0 Å². The van der Waals surface area contributed by atoms with Crippen LogP contribution in [0.25, 0.3) is 0 Å². The molecule has 3 rings (SSSR count). The van der Waals surface area contributed by atoms with Crippen molar-refractivity contribution < 1.29 is 4.79 Å². The van der Waals surface area contributed by atoms with Gasteiger partial charge in [-0.1, -0.05) is 31.5 Å². The predicted octanol–water partition coefficient (Wildman–Crippen LogP) is 4.22. The van der Waals surface area contributed by atoms with Crippen molar-refractivity contribution in [1.82, 2.24) is 9.80 Å². The van der Waals surface area contributed by atoms with Gasteiger partial charge in [-0.2, -0.15) is 0 Å². The number of amides is 2. The summed E-state index contributed by atoms with van der Waals surface area (Å²) in [4.78, 5) is 17.1. The monoisotopic (exact) mass is 343 g/mol. The van der Waals surface area contributed by atoms with Crippen molar-refractivity contribution in [3.63, 3.8) is 0 Å². The molecule has 138 valence electrons. The Labute approximate surface area is 152 Å². The van der Waals surface area contributed by atoms with E-state index in [0.29, 0.717) is 0 Å². The summed E-state index contributed by atoms with van der Waals surface area (Å²) >= 11 is 0. The van der Waals surface area contributed by atoms with Gasteiger partial charge in [0, 0.05) is 38.4 Å². The van der Waals surface area contributed by atoms with Crippen molar-refractivity contribution in [3.05, 3.63) is 29.8 Å². The van der Waals surface area contributed by atoms with Gasteiger partial charge in [0.15, 0.2) is 0 Å². The number of anilines is 1. The fourth-order valence-electron chi connectivity index (χ4n) is 4.46. The molecule has 25 heavy (non-hydrogen) atoms. The Balaban J connectivity index is 1.43. The number of carbonyl (C=O) groups is 1. The Bertz CT molecular complexity index is 553. The molecule has 2 saturated heterocycles. The van der Waals surface area contributed by atoms with E-state index in [1.165, 1.54) is 31.6 Å². The lowest BCUT2D eigenvalue weighted by atomic mass is 9.89. The minimum Gasteiger partial charge on any atom is -0.325 e. The van der Waals surface area contributed by atoms with Gasteiger partial charge in [-0.15, -0.1) is 0 Å². The molecular weight excluding hydrogens is 310 g/mol. The maximum absolute atomic E-state index is 12.4. The molecule has 0 aliphatic carbocycles. The number of nitrogens with one attached hydrogen (secondary N) is 1. The van der Waals surface area contributed by atoms with Gasteiger partial charge in [-0.05, 0) is 56.1 Å². The normalized spacial score (nSPS) is 25.8. The van der Waals surface area contributed by atoms with Crippen LogP contribution in [0, 0.1) is 24.7 Å². The highest BCUT2D eigenvalue weighted by molar-refractivity contribution is 5.89. The summed E-state index contributed by atoms with van der Waals surface area (Å²) in [5.74, 6) is 2.38. The quantitative estimate of drug-likeness (QED) is 0.892. The van der Waals surface area contributed by atoms with Crippen LogP contribution >= 0.6 is 0 Å². The first-order valence-corrected chi connectivity index (χ1v) is 9.84. The lowest BCUT2D eigenvalue weighted by Gasteiger charge is -2.39. The average molecular weight is 344 g/mol. The van der Waals surface area contributed by atoms with E-state index in [1.54, 1.807) is 0 Å². The molecule has 0 radical (unpaired) electrons. The molecule has 2 atom stereocenters. The van der Waals surface area contributed by atoms with Gasteiger partial charge < -0.3 is 15.1 Å². The summed E-state index contributed by atoms with van der Waals surface area (Å²) in [6, 6.07) is 8.05. The third kappa shape index (κ3) is 5.21. The van der Waals surface area contributed by atoms with Crippen molar-refractivity contribution in [2.45, 2.75) is 40.0 Å². The van der Waals surface area contributed by atoms with Crippen molar-refractivity contribution in [3.8, 4) is 0 Å². The second-order valence-electron chi connectivity index (χ2n) is 8.39. The summed E-state index contributed by atoms with van der Waals surface area (Å²) in [6.07, 6.45) is 3.62. The van der Waals surface area contributed by atoms with Crippen molar-refractivity contribution in [2.75, 3.05) is 38.0 Å². The molecule has 0 unspecified atom stereocenters. The Morgan fingerprint density at radius 2 is 1.68 bits per heavy atom. The highest BCUT2D eigenvalue weighted by Crippen LogP contribution is 2.25. The van der Waals surface area contributed by atoms with E-state index in [4.69, 9.17) is 0 Å². The molecule has 2 heterocycles. The van der Waals surface area contributed by atoms with E-state index >= 15 is 0 Å². The number of benzene rings is 1. The molecule has 0 bridgehead atoms. The number of urea groups is 1. The van der Waals surface area contributed by atoms with Crippen LogP contribution in [0.3, 0.4) is 0 Å². The van der Waals surface area contributed by atoms with Gasteiger partial charge >= 0.3 is 6.03 Å². The van der Waals surface area contributed by atoms with Crippen LogP contribution in [0.1, 0.15) is 38.7 Å². The summed E-state index contributed by atoms with van der Waals surface area (Å²) in [7, 11) is 0. The number of rotatable bonds is 3. The minimum absolute atomic E-state index is 0.0440. The van der Waals surface area contributed by atoms with E-state index in [-0.39, 0.29) is 6.03 Å². The standard InChI is InChI=1S/C21H33N3O/c1-16-4-6-20(7-5-16)22-21(25)24-10-8-19(9-11-24)15-23-13-17(2)12-18(3)14-23/h4-7,17-19H,8-15H2,1-3H3,(H,22,25)/t17-,18-/m1/s1. The topological polar surface area (TPSA) is 35.6 Å².